The summed E-state index contributed by atoms with van der Waals surface area (Å²) >= 11 is 0. The van der Waals surface area contributed by atoms with Gasteiger partial charge in [0.2, 0.25) is 5.88 Å². The largest absolute Gasteiger partial charge is 0.481 e. The highest BCUT2D eigenvalue weighted by atomic mass is 16.5. The zero-order chi connectivity index (χ0) is 12.1. The summed E-state index contributed by atoms with van der Waals surface area (Å²) in [6, 6.07) is 0. The Balaban J connectivity index is 2.75. The number of hydrogen-bond donors (Lipinski definition) is 1. The summed E-state index contributed by atoms with van der Waals surface area (Å²) in [6.07, 6.45) is 0.940. The zero-order valence-corrected chi connectivity index (χ0v) is 11.0. The minimum Gasteiger partial charge on any atom is -0.481 e. The Kier molecular flexibility index (Phi) is 4.80. The van der Waals surface area contributed by atoms with Crippen molar-refractivity contribution in [3.63, 3.8) is 0 Å². The molecule has 0 aliphatic heterocycles. The van der Waals surface area contributed by atoms with Gasteiger partial charge in [0, 0.05) is 13.6 Å². The number of nitrogens with zero attached hydrogens (tertiary/aromatic N) is 2. The van der Waals surface area contributed by atoms with Crippen molar-refractivity contribution in [2.24, 2.45) is 13.0 Å². The molecule has 1 aromatic heterocycles. The molecule has 16 heavy (non-hydrogen) atoms. The molecule has 0 atom stereocenters. The van der Waals surface area contributed by atoms with Crippen molar-refractivity contribution >= 4 is 0 Å². The van der Waals surface area contributed by atoms with Crippen molar-refractivity contribution in [3.05, 3.63) is 11.3 Å². The molecule has 1 aromatic rings. The third-order valence-electron chi connectivity index (χ3n) is 2.55. The normalized spacial score (nSPS) is 11.1. The smallest absolute Gasteiger partial charge is 0.216 e. The van der Waals surface area contributed by atoms with Crippen LogP contribution >= 0.6 is 0 Å². The summed E-state index contributed by atoms with van der Waals surface area (Å²) in [5.41, 5.74) is 2.31. The summed E-state index contributed by atoms with van der Waals surface area (Å²) in [7, 11) is 3.62. The maximum absolute atomic E-state index is 5.38. The highest BCUT2D eigenvalue weighted by molar-refractivity contribution is 5.31. The maximum atomic E-state index is 5.38. The second-order valence-electron chi connectivity index (χ2n) is 4.44. The lowest BCUT2D eigenvalue weighted by molar-refractivity contribution is 0.367. The van der Waals surface area contributed by atoms with E-state index in [1.54, 1.807) is 7.11 Å². The minimum atomic E-state index is 0.660. The molecule has 0 unspecified atom stereocenters. The number of aromatic nitrogens is 2. The van der Waals surface area contributed by atoms with Crippen LogP contribution in [0.4, 0.5) is 0 Å². The van der Waals surface area contributed by atoms with E-state index in [0.717, 1.165) is 31.1 Å². The van der Waals surface area contributed by atoms with E-state index in [-0.39, 0.29) is 0 Å². The van der Waals surface area contributed by atoms with E-state index in [1.807, 2.05) is 11.7 Å². The summed E-state index contributed by atoms with van der Waals surface area (Å²) in [5.74, 6) is 1.53. The molecular weight excluding hydrogens is 202 g/mol. The molecule has 0 radical (unpaired) electrons. The van der Waals surface area contributed by atoms with Gasteiger partial charge in [-0.2, -0.15) is 5.10 Å². The summed E-state index contributed by atoms with van der Waals surface area (Å²) in [6.45, 7) is 8.37. The first-order valence-corrected chi connectivity index (χ1v) is 5.89. The van der Waals surface area contributed by atoms with E-state index < -0.39 is 0 Å². The van der Waals surface area contributed by atoms with Gasteiger partial charge in [-0.05, 0) is 18.9 Å². The standard InChI is InChI=1S/C12H23N3O/c1-6-11-10(8-13-7-9(2)3)12(16-5)15(4)14-11/h9,13H,6-8H2,1-5H3. The maximum Gasteiger partial charge on any atom is 0.216 e. The van der Waals surface area contributed by atoms with Crippen molar-refractivity contribution in [2.45, 2.75) is 33.7 Å². The van der Waals surface area contributed by atoms with Crippen LogP contribution in [0.25, 0.3) is 0 Å². The van der Waals surface area contributed by atoms with Gasteiger partial charge in [0.1, 0.15) is 0 Å². The molecule has 0 bridgehead atoms. The highest BCUT2D eigenvalue weighted by Crippen LogP contribution is 2.21. The second kappa shape index (κ2) is 5.89. The monoisotopic (exact) mass is 225 g/mol. The molecular formula is C12H23N3O. The lowest BCUT2D eigenvalue weighted by Gasteiger charge is -2.09. The van der Waals surface area contributed by atoms with Gasteiger partial charge in [0.05, 0.1) is 18.4 Å². The van der Waals surface area contributed by atoms with Crippen LogP contribution in [0.1, 0.15) is 32.0 Å². The number of methoxy groups -OCH3 is 1. The number of rotatable bonds is 6. The Morgan fingerprint density at radius 2 is 2.12 bits per heavy atom. The third-order valence-corrected chi connectivity index (χ3v) is 2.55. The fourth-order valence-electron chi connectivity index (χ4n) is 1.81. The van der Waals surface area contributed by atoms with Crippen LogP contribution < -0.4 is 10.1 Å². The van der Waals surface area contributed by atoms with Crippen molar-refractivity contribution < 1.29 is 4.74 Å². The fraction of sp³-hybridized carbons (Fsp3) is 0.750. The van der Waals surface area contributed by atoms with Crippen LogP contribution in [0.5, 0.6) is 5.88 Å². The molecule has 4 nitrogen and oxygen atoms in total. The van der Waals surface area contributed by atoms with E-state index in [1.165, 1.54) is 5.56 Å². The fourth-order valence-corrected chi connectivity index (χ4v) is 1.81. The zero-order valence-electron chi connectivity index (χ0n) is 11.0. The molecule has 0 amide bonds. The molecule has 1 heterocycles. The molecule has 0 saturated carbocycles. The molecule has 92 valence electrons. The SMILES string of the molecule is CCc1nn(C)c(OC)c1CNCC(C)C. The predicted octanol–water partition coefficient (Wildman–Crippen LogP) is 1.74. The number of nitrogens with one attached hydrogen (secondary N) is 1. The number of hydrogen-bond acceptors (Lipinski definition) is 3. The van der Waals surface area contributed by atoms with E-state index in [9.17, 15) is 0 Å². The van der Waals surface area contributed by atoms with Crippen molar-refractivity contribution in [1.29, 1.82) is 0 Å². The van der Waals surface area contributed by atoms with E-state index in [0.29, 0.717) is 5.92 Å². The molecule has 0 fully saturated rings. The van der Waals surface area contributed by atoms with Crippen molar-refractivity contribution in [3.8, 4) is 5.88 Å². The molecule has 1 N–H and O–H groups in total. The Labute approximate surface area is 98.0 Å². The van der Waals surface area contributed by atoms with Crippen LogP contribution in [0, 0.1) is 5.92 Å². The third kappa shape index (κ3) is 2.98. The minimum absolute atomic E-state index is 0.660. The van der Waals surface area contributed by atoms with Gasteiger partial charge < -0.3 is 10.1 Å². The first-order valence-electron chi connectivity index (χ1n) is 5.89. The Hall–Kier alpha value is -1.03. The summed E-state index contributed by atoms with van der Waals surface area (Å²) < 4.78 is 7.19. The topological polar surface area (TPSA) is 39.1 Å². The Morgan fingerprint density at radius 3 is 2.62 bits per heavy atom. The first-order chi connectivity index (χ1) is 7.60. The van der Waals surface area contributed by atoms with Crippen LogP contribution in [0.2, 0.25) is 0 Å². The van der Waals surface area contributed by atoms with Crippen molar-refractivity contribution in [2.75, 3.05) is 13.7 Å². The van der Waals surface area contributed by atoms with E-state index in [4.69, 9.17) is 4.74 Å². The number of aryl methyl sites for hydroxylation is 2. The predicted molar refractivity (Wildman–Crippen MR) is 65.7 cm³/mol. The van der Waals surface area contributed by atoms with Crippen LogP contribution in [0.15, 0.2) is 0 Å². The Morgan fingerprint density at radius 1 is 1.44 bits per heavy atom. The van der Waals surface area contributed by atoms with Crippen LogP contribution in [-0.4, -0.2) is 23.4 Å². The average Bonchev–Trinajstić information content (AvgIpc) is 2.54. The number of ether oxygens (including phenoxy) is 1. The summed E-state index contributed by atoms with van der Waals surface area (Å²) in [5, 5.41) is 7.88. The first kappa shape index (κ1) is 13.0. The highest BCUT2D eigenvalue weighted by Gasteiger charge is 2.14. The van der Waals surface area contributed by atoms with Crippen LogP contribution in [-0.2, 0) is 20.0 Å². The van der Waals surface area contributed by atoms with E-state index >= 15 is 0 Å². The van der Waals surface area contributed by atoms with Crippen molar-refractivity contribution in [1.82, 2.24) is 15.1 Å². The average molecular weight is 225 g/mol. The molecule has 0 saturated heterocycles. The lowest BCUT2D eigenvalue weighted by Crippen LogP contribution is -2.19. The molecule has 0 aliphatic carbocycles. The van der Waals surface area contributed by atoms with Crippen LogP contribution in [0.3, 0.4) is 0 Å². The quantitative estimate of drug-likeness (QED) is 0.801. The second-order valence-corrected chi connectivity index (χ2v) is 4.44. The molecule has 0 aromatic carbocycles. The summed E-state index contributed by atoms with van der Waals surface area (Å²) in [4.78, 5) is 0. The van der Waals surface area contributed by atoms with Gasteiger partial charge in [0.15, 0.2) is 0 Å². The van der Waals surface area contributed by atoms with Gasteiger partial charge in [-0.3, -0.25) is 0 Å². The van der Waals surface area contributed by atoms with Gasteiger partial charge in [-0.15, -0.1) is 0 Å². The van der Waals surface area contributed by atoms with Gasteiger partial charge in [0.25, 0.3) is 0 Å². The lowest BCUT2D eigenvalue weighted by atomic mass is 10.2. The van der Waals surface area contributed by atoms with E-state index in [2.05, 4.69) is 31.2 Å². The van der Waals surface area contributed by atoms with Gasteiger partial charge in [-0.1, -0.05) is 20.8 Å². The molecule has 0 spiro atoms. The van der Waals surface area contributed by atoms with Gasteiger partial charge in [-0.25, -0.2) is 4.68 Å². The molecule has 1 rings (SSSR count). The van der Waals surface area contributed by atoms with Gasteiger partial charge >= 0.3 is 0 Å². The Bertz CT molecular complexity index is 331. The molecule has 0 aliphatic rings. The molecule has 4 heteroatoms.